The molecule has 0 bridgehead atoms. The zero-order valence-electron chi connectivity index (χ0n) is 8.90. The van der Waals surface area contributed by atoms with Crippen LogP contribution in [0.5, 0.6) is 0 Å². The molecule has 0 aliphatic carbocycles. The summed E-state index contributed by atoms with van der Waals surface area (Å²) in [5.41, 5.74) is 0. The van der Waals surface area contributed by atoms with Crippen molar-refractivity contribution in [1.29, 1.82) is 0 Å². The maximum absolute atomic E-state index is 11.2. The fourth-order valence-corrected chi connectivity index (χ4v) is 2.02. The van der Waals surface area contributed by atoms with Gasteiger partial charge in [-0.3, -0.25) is 7.05 Å². The fraction of sp³-hybridized carbons (Fsp3) is 0.778. The average molecular weight is 222 g/mol. The van der Waals surface area contributed by atoms with Crippen molar-refractivity contribution in [3.63, 3.8) is 0 Å². The Kier molecular flexibility index (Phi) is 4.87. The molecular weight excluding hydrogens is 207 g/mol. The van der Waals surface area contributed by atoms with E-state index in [0.717, 1.165) is 26.1 Å². The van der Waals surface area contributed by atoms with E-state index in [1.807, 2.05) is 4.90 Å². The number of ether oxygens (including phenoxy) is 1. The summed E-state index contributed by atoms with van der Waals surface area (Å²) in [6.07, 6.45) is 0.942. The van der Waals surface area contributed by atoms with Crippen LogP contribution in [-0.4, -0.2) is 48.7 Å². The number of carbonyl (C=O) groups excluding carboxylic acids is 1. The van der Waals surface area contributed by atoms with Gasteiger partial charge in [-0.1, -0.05) is 0 Å². The maximum Gasteiger partial charge on any atom is 1.00 e. The second-order valence-corrected chi connectivity index (χ2v) is 3.93. The van der Waals surface area contributed by atoms with Gasteiger partial charge in [0.05, 0.1) is 0 Å². The van der Waals surface area contributed by atoms with Crippen LogP contribution in [0.25, 0.3) is 0 Å². The van der Waals surface area contributed by atoms with Gasteiger partial charge in [0.15, 0.2) is 0 Å². The van der Waals surface area contributed by atoms with Crippen LogP contribution in [-0.2, 0) is 4.74 Å². The Balaban J connectivity index is 0.000000980. The van der Waals surface area contributed by atoms with E-state index in [9.17, 15) is 4.79 Å². The summed E-state index contributed by atoms with van der Waals surface area (Å²) in [5.74, 6) is 0.501. The van der Waals surface area contributed by atoms with Crippen molar-refractivity contribution in [2.75, 3.05) is 26.7 Å². The molecule has 2 heterocycles. The molecule has 74 valence electrons. The van der Waals surface area contributed by atoms with Crippen molar-refractivity contribution in [1.82, 2.24) is 9.80 Å². The first-order valence-electron chi connectivity index (χ1n) is 4.64. The van der Waals surface area contributed by atoms with Gasteiger partial charge in [-0.15, -0.1) is 0 Å². The van der Waals surface area contributed by atoms with Crippen LogP contribution in [0.1, 0.15) is 6.42 Å². The molecule has 2 saturated heterocycles. The molecule has 2 rings (SSSR count). The summed E-state index contributed by atoms with van der Waals surface area (Å²) in [5, 5.41) is 0. The molecule has 0 aromatic rings. The molecule has 2 aliphatic rings. The number of amides is 1. The predicted octanol–water partition coefficient (Wildman–Crippen LogP) is -2.45. The number of fused-ring (bicyclic) bond motifs is 1. The van der Waals surface area contributed by atoms with Gasteiger partial charge in [0.1, 0.15) is 6.10 Å². The Labute approximate surface area is 127 Å². The van der Waals surface area contributed by atoms with Gasteiger partial charge in [-0.05, 0) is 13.0 Å². The first kappa shape index (κ1) is 12.9. The minimum Gasteiger partial charge on any atom is -0.456 e. The number of piperidine rings is 1. The molecule has 4 nitrogen and oxygen atoms in total. The number of carbonyl (C=O) groups is 1. The predicted molar refractivity (Wildman–Crippen MR) is 47.9 cm³/mol. The third kappa shape index (κ3) is 2.71. The quantitative estimate of drug-likeness (QED) is 0.337. The molecule has 0 aromatic carbocycles. The Morgan fingerprint density at radius 3 is 2.93 bits per heavy atom. The molecular formula is C9H15KN2O2. The standard InChI is InChI=1S/C9H15N2O2.K/c1-10-4-3-7-5-11(2)9(12)13-8(7)6-10;/h7-8H,1,3-6H2,2H3;/q-1;+1/t7?,8-;/m1./s1. The van der Waals surface area contributed by atoms with Gasteiger partial charge in [-0.2, -0.15) is 0 Å². The number of likely N-dealkylation sites (tertiary alicyclic amines) is 1. The SMILES string of the molecule is [CH2-]N1CCC2CN(C)C(=O)O[C@@H]2C1.[K+]. The second-order valence-electron chi connectivity index (χ2n) is 3.93. The summed E-state index contributed by atoms with van der Waals surface area (Å²) in [7, 11) is 5.65. The van der Waals surface area contributed by atoms with E-state index in [1.165, 1.54) is 0 Å². The van der Waals surface area contributed by atoms with Crippen molar-refractivity contribution < 1.29 is 60.9 Å². The van der Waals surface area contributed by atoms with Crippen molar-refractivity contribution in [3.8, 4) is 0 Å². The van der Waals surface area contributed by atoms with Crippen LogP contribution in [0.15, 0.2) is 0 Å². The number of hydrogen-bond acceptors (Lipinski definition) is 3. The first-order chi connectivity index (χ1) is 6.16. The van der Waals surface area contributed by atoms with Gasteiger partial charge in [0.2, 0.25) is 0 Å². The van der Waals surface area contributed by atoms with Crippen molar-refractivity contribution in [3.05, 3.63) is 7.05 Å². The molecule has 2 atom stereocenters. The van der Waals surface area contributed by atoms with Crippen molar-refractivity contribution in [2.24, 2.45) is 5.92 Å². The zero-order chi connectivity index (χ0) is 9.42. The molecule has 14 heavy (non-hydrogen) atoms. The van der Waals surface area contributed by atoms with Gasteiger partial charge in [0, 0.05) is 26.1 Å². The van der Waals surface area contributed by atoms with E-state index in [-0.39, 0.29) is 63.6 Å². The monoisotopic (exact) mass is 222 g/mol. The van der Waals surface area contributed by atoms with Crippen molar-refractivity contribution in [2.45, 2.75) is 12.5 Å². The van der Waals surface area contributed by atoms with E-state index < -0.39 is 0 Å². The van der Waals surface area contributed by atoms with Crippen LogP contribution >= 0.6 is 0 Å². The van der Waals surface area contributed by atoms with E-state index in [0.29, 0.717) is 5.92 Å². The van der Waals surface area contributed by atoms with E-state index in [1.54, 1.807) is 11.9 Å². The van der Waals surface area contributed by atoms with E-state index in [2.05, 4.69) is 7.05 Å². The molecule has 0 spiro atoms. The normalized spacial score (nSPS) is 33.0. The average Bonchev–Trinajstić information content (AvgIpc) is 2.08. The van der Waals surface area contributed by atoms with Crippen LogP contribution in [0.2, 0.25) is 0 Å². The Morgan fingerprint density at radius 1 is 1.50 bits per heavy atom. The maximum atomic E-state index is 11.2. The molecule has 2 fully saturated rings. The molecule has 5 heteroatoms. The summed E-state index contributed by atoms with van der Waals surface area (Å²) in [6.45, 7) is 2.62. The van der Waals surface area contributed by atoms with Crippen LogP contribution < -0.4 is 51.4 Å². The van der Waals surface area contributed by atoms with Crippen LogP contribution in [0.3, 0.4) is 0 Å². The molecule has 0 radical (unpaired) electrons. The molecule has 1 amide bonds. The Hall–Kier alpha value is 0.866. The van der Waals surface area contributed by atoms with E-state index in [4.69, 9.17) is 4.74 Å². The van der Waals surface area contributed by atoms with Gasteiger partial charge in [-0.25, -0.2) is 4.79 Å². The fourth-order valence-electron chi connectivity index (χ4n) is 2.02. The number of rotatable bonds is 0. The van der Waals surface area contributed by atoms with Gasteiger partial charge < -0.3 is 14.5 Å². The summed E-state index contributed by atoms with van der Waals surface area (Å²) >= 11 is 0. The first-order valence-corrected chi connectivity index (χ1v) is 4.64. The van der Waals surface area contributed by atoms with Crippen LogP contribution in [0.4, 0.5) is 4.79 Å². The Morgan fingerprint density at radius 2 is 2.21 bits per heavy atom. The van der Waals surface area contributed by atoms with E-state index >= 15 is 0 Å². The van der Waals surface area contributed by atoms with Crippen LogP contribution in [0, 0.1) is 13.0 Å². The number of nitrogens with zero attached hydrogens (tertiary/aromatic N) is 2. The molecule has 0 saturated carbocycles. The third-order valence-electron chi connectivity index (χ3n) is 2.85. The summed E-state index contributed by atoms with van der Waals surface area (Å²) in [6, 6.07) is 0. The summed E-state index contributed by atoms with van der Waals surface area (Å²) < 4.78 is 5.28. The molecule has 2 aliphatic heterocycles. The summed E-state index contributed by atoms with van der Waals surface area (Å²) in [4.78, 5) is 14.8. The molecule has 0 aromatic heterocycles. The zero-order valence-corrected chi connectivity index (χ0v) is 12.0. The molecule has 0 N–H and O–H groups in total. The number of hydrogen-bond donors (Lipinski definition) is 0. The van der Waals surface area contributed by atoms with Gasteiger partial charge >= 0.3 is 57.5 Å². The molecule has 1 unspecified atom stereocenters. The van der Waals surface area contributed by atoms with Gasteiger partial charge in [0.25, 0.3) is 0 Å². The third-order valence-corrected chi connectivity index (χ3v) is 2.85. The Bertz CT molecular complexity index is 225. The topological polar surface area (TPSA) is 32.8 Å². The smallest absolute Gasteiger partial charge is 0.456 e. The second kappa shape index (κ2) is 5.27. The minimum atomic E-state index is -0.198. The minimum absolute atomic E-state index is 0. The largest absolute Gasteiger partial charge is 1.00 e. The van der Waals surface area contributed by atoms with Crippen molar-refractivity contribution >= 4 is 6.09 Å².